The predicted molar refractivity (Wildman–Crippen MR) is 50.5 cm³/mol. The van der Waals surface area contributed by atoms with Crippen molar-refractivity contribution in [1.82, 2.24) is 19.7 Å². The minimum Gasteiger partial charge on any atom is -0.344 e. The van der Waals surface area contributed by atoms with Crippen LogP contribution in [0.2, 0.25) is 5.15 Å². The Morgan fingerprint density at radius 2 is 2.31 bits per heavy atom. The van der Waals surface area contributed by atoms with Crippen LogP contribution in [-0.2, 0) is 7.05 Å². The zero-order valence-corrected chi connectivity index (χ0v) is 8.13. The number of nitrogens with zero attached hydrogens (tertiary/aromatic N) is 3. The number of imidazole rings is 1. The average molecular weight is 197 g/mol. The number of hydrogen-bond donors (Lipinski definition) is 1. The molecule has 68 valence electrons. The van der Waals surface area contributed by atoms with Crippen LogP contribution in [-0.4, -0.2) is 19.7 Å². The molecule has 0 aromatic carbocycles. The van der Waals surface area contributed by atoms with Crippen molar-refractivity contribution in [3.63, 3.8) is 0 Å². The largest absolute Gasteiger partial charge is 0.344 e. The van der Waals surface area contributed by atoms with Gasteiger partial charge in [-0.1, -0.05) is 11.6 Å². The Labute approximate surface area is 80.6 Å². The van der Waals surface area contributed by atoms with Crippen LogP contribution in [0.4, 0.5) is 0 Å². The summed E-state index contributed by atoms with van der Waals surface area (Å²) in [6.07, 6.45) is 3.36. The van der Waals surface area contributed by atoms with E-state index in [0.717, 1.165) is 17.0 Å². The van der Waals surface area contributed by atoms with Crippen molar-refractivity contribution < 1.29 is 0 Å². The summed E-state index contributed by atoms with van der Waals surface area (Å²) in [7, 11) is 1.81. The molecule has 0 saturated carbocycles. The molecule has 4 nitrogen and oxygen atoms in total. The van der Waals surface area contributed by atoms with Crippen LogP contribution >= 0.6 is 11.6 Å². The van der Waals surface area contributed by atoms with E-state index in [1.54, 1.807) is 17.2 Å². The van der Waals surface area contributed by atoms with Crippen LogP contribution in [0.1, 0.15) is 5.69 Å². The molecule has 0 fully saturated rings. The highest BCUT2D eigenvalue weighted by atomic mass is 35.5. The van der Waals surface area contributed by atoms with Crippen molar-refractivity contribution in [2.24, 2.45) is 7.05 Å². The highest BCUT2D eigenvalue weighted by Gasteiger charge is 2.13. The van der Waals surface area contributed by atoms with Gasteiger partial charge in [-0.25, -0.2) is 4.98 Å². The van der Waals surface area contributed by atoms with Gasteiger partial charge in [-0.3, -0.25) is 4.68 Å². The van der Waals surface area contributed by atoms with Gasteiger partial charge < -0.3 is 4.98 Å². The van der Waals surface area contributed by atoms with Crippen molar-refractivity contribution in [1.29, 1.82) is 0 Å². The van der Waals surface area contributed by atoms with Gasteiger partial charge >= 0.3 is 0 Å². The number of halogens is 1. The monoisotopic (exact) mass is 196 g/mol. The third-order valence-corrected chi connectivity index (χ3v) is 2.35. The molecule has 2 rings (SSSR count). The standard InChI is InChI=1S/C8H9ClN4/c1-5-7(6-3-10-4-11-6)8(9)13(2)12-5/h3-4H,1-2H3,(H,10,11). The van der Waals surface area contributed by atoms with E-state index in [-0.39, 0.29) is 0 Å². The number of rotatable bonds is 1. The van der Waals surface area contributed by atoms with E-state index in [0.29, 0.717) is 5.15 Å². The van der Waals surface area contributed by atoms with Gasteiger partial charge in [-0.2, -0.15) is 5.10 Å². The van der Waals surface area contributed by atoms with E-state index in [2.05, 4.69) is 15.1 Å². The van der Waals surface area contributed by atoms with Crippen molar-refractivity contribution in [3.05, 3.63) is 23.4 Å². The number of hydrogen-bond acceptors (Lipinski definition) is 2. The summed E-state index contributed by atoms with van der Waals surface area (Å²) < 4.78 is 1.65. The Balaban J connectivity index is 2.64. The molecule has 0 unspecified atom stereocenters. The molecule has 1 N–H and O–H groups in total. The van der Waals surface area contributed by atoms with Crippen LogP contribution in [0.5, 0.6) is 0 Å². The fourth-order valence-corrected chi connectivity index (χ4v) is 1.60. The molecule has 0 radical (unpaired) electrons. The Morgan fingerprint density at radius 1 is 1.54 bits per heavy atom. The van der Waals surface area contributed by atoms with Crippen LogP contribution in [0.3, 0.4) is 0 Å². The summed E-state index contributed by atoms with van der Waals surface area (Å²) in [4.78, 5) is 6.94. The molecule has 0 aliphatic rings. The maximum absolute atomic E-state index is 6.06. The smallest absolute Gasteiger partial charge is 0.136 e. The molecular weight excluding hydrogens is 188 g/mol. The highest BCUT2D eigenvalue weighted by molar-refractivity contribution is 6.32. The number of H-pyrrole nitrogens is 1. The SMILES string of the molecule is Cc1nn(C)c(Cl)c1-c1cnc[nH]1. The fraction of sp³-hybridized carbons (Fsp3) is 0.250. The Hall–Kier alpha value is -1.29. The maximum atomic E-state index is 6.06. The van der Waals surface area contributed by atoms with Gasteiger partial charge in [-0.15, -0.1) is 0 Å². The van der Waals surface area contributed by atoms with E-state index < -0.39 is 0 Å². The lowest BCUT2D eigenvalue weighted by atomic mass is 10.2. The summed E-state index contributed by atoms with van der Waals surface area (Å²) in [5, 5.41) is 4.83. The molecule has 0 bridgehead atoms. The number of aromatic amines is 1. The lowest BCUT2D eigenvalue weighted by Gasteiger charge is -1.94. The molecule has 0 spiro atoms. The third-order valence-electron chi connectivity index (χ3n) is 1.92. The second-order valence-electron chi connectivity index (χ2n) is 2.84. The zero-order valence-electron chi connectivity index (χ0n) is 7.37. The van der Waals surface area contributed by atoms with Gasteiger partial charge in [0.05, 0.1) is 29.5 Å². The number of nitrogens with one attached hydrogen (secondary N) is 1. The molecule has 13 heavy (non-hydrogen) atoms. The fourth-order valence-electron chi connectivity index (χ4n) is 1.33. The first kappa shape index (κ1) is 8.31. The second kappa shape index (κ2) is 2.88. The first-order valence-electron chi connectivity index (χ1n) is 3.88. The van der Waals surface area contributed by atoms with Crippen molar-refractivity contribution in [2.75, 3.05) is 0 Å². The zero-order chi connectivity index (χ0) is 9.42. The first-order chi connectivity index (χ1) is 6.20. The molecule has 0 saturated heterocycles. The molecule has 2 aromatic heterocycles. The molecule has 2 heterocycles. The minimum absolute atomic E-state index is 0.627. The van der Waals surface area contributed by atoms with E-state index >= 15 is 0 Å². The Kier molecular flexibility index (Phi) is 1.84. The van der Waals surface area contributed by atoms with Crippen molar-refractivity contribution in [3.8, 4) is 11.3 Å². The molecular formula is C8H9ClN4. The Morgan fingerprint density at radius 3 is 2.77 bits per heavy atom. The molecule has 0 aliphatic heterocycles. The van der Waals surface area contributed by atoms with E-state index in [4.69, 9.17) is 11.6 Å². The Bertz CT molecular complexity index is 416. The summed E-state index contributed by atoms with van der Waals surface area (Å²) in [5.41, 5.74) is 2.72. The lowest BCUT2D eigenvalue weighted by Crippen LogP contribution is -1.88. The third kappa shape index (κ3) is 1.23. The topological polar surface area (TPSA) is 46.5 Å². The van der Waals surface area contributed by atoms with E-state index in [1.165, 1.54) is 0 Å². The summed E-state index contributed by atoms with van der Waals surface area (Å²) >= 11 is 6.06. The van der Waals surface area contributed by atoms with Crippen LogP contribution < -0.4 is 0 Å². The van der Waals surface area contributed by atoms with Crippen molar-refractivity contribution >= 4 is 11.6 Å². The summed E-state index contributed by atoms with van der Waals surface area (Å²) in [6, 6.07) is 0. The van der Waals surface area contributed by atoms with Crippen LogP contribution in [0.25, 0.3) is 11.3 Å². The molecule has 0 atom stereocenters. The molecule has 0 amide bonds. The van der Waals surface area contributed by atoms with E-state index in [1.807, 2.05) is 14.0 Å². The van der Waals surface area contributed by atoms with Gasteiger partial charge in [0, 0.05) is 7.05 Å². The normalized spacial score (nSPS) is 10.7. The number of aryl methyl sites for hydroxylation is 2. The van der Waals surface area contributed by atoms with Gasteiger partial charge in [0.1, 0.15) is 5.15 Å². The maximum Gasteiger partial charge on any atom is 0.136 e. The molecule has 2 aromatic rings. The highest BCUT2D eigenvalue weighted by Crippen LogP contribution is 2.28. The molecule has 0 aliphatic carbocycles. The quantitative estimate of drug-likeness (QED) is 0.756. The summed E-state index contributed by atoms with van der Waals surface area (Å²) in [6.45, 7) is 1.92. The predicted octanol–water partition coefficient (Wildman–Crippen LogP) is 1.77. The van der Waals surface area contributed by atoms with Gasteiger partial charge in [0.25, 0.3) is 0 Å². The number of aromatic nitrogens is 4. The van der Waals surface area contributed by atoms with E-state index in [9.17, 15) is 0 Å². The van der Waals surface area contributed by atoms with Gasteiger partial charge in [0.15, 0.2) is 0 Å². The van der Waals surface area contributed by atoms with Crippen LogP contribution in [0, 0.1) is 6.92 Å². The van der Waals surface area contributed by atoms with Crippen LogP contribution in [0.15, 0.2) is 12.5 Å². The molecule has 5 heteroatoms. The second-order valence-corrected chi connectivity index (χ2v) is 3.20. The summed E-state index contributed by atoms with van der Waals surface area (Å²) in [5.74, 6) is 0. The minimum atomic E-state index is 0.627. The van der Waals surface area contributed by atoms with Gasteiger partial charge in [0.2, 0.25) is 0 Å². The van der Waals surface area contributed by atoms with Gasteiger partial charge in [-0.05, 0) is 6.92 Å². The lowest BCUT2D eigenvalue weighted by molar-refractivity contribution is 0.757. The average Bonchev–Trinajstić information content (AvgIpc) is 2.63. The first-order valence-corrected chi connectivity index (χ1v) is 4.26. The van der Waals surface area contributed by atoms with Crippen molar-refractivity contribution in [2.45, 2.75) is 6.92 Å².